The Morgan fingerprint density at radius 3 is 3.06 bits per heavy atom. The van der Waals surface area contributed by atoms with Gasteiger partial charge in [0.1, 0.15) is 5.54 Å². The Morgan fingerprint density at radius 2 is 2.47 bits per heavy atom. The Kier molecular flexibility index (Phi) is 5.21. The van der Waals surface area contributed by atoms with E-state index in [4.69, 9.17) is 10.3 Å². The molecule has 2 unspecified atom stereocenters. The fourth-order valence-corrected chi connectivity index (χ4v) is 2.36. The van der Waals surface area contributed by atoms with Crippen LogP contribution in [0.1, 0.15) is 25.7 Å². The molecule has 0 aliphatic heterocycles. The monoisotopic (exact) mass is 242 g/mol. The van der Waals surface area contributed by atoms with Gasteiger partial charge in [-0.2, -0.15) is 0 Å². The fourth-order valence-electron chi connectivity index (χ4n) is 2.36. The Labute approximate surface area is 99.8 Å². The Balaban J connectivity index is 2.71. The van der Waals surface area contributed by atoms with Crippen molar-refractivity contribution in [2.45, 2.75) is 37.3 Å². The van der Waals surface area contributed by atoms with Gasteiger partial charge in [0.25, 0.3) is 0 Å². The number of methoxy groups -OCH3 is 1. The number of nitrogens with zero attached hydrogens (tertiary/aromatic N) is 3. The molecule has 1 aliphatic rings. The van der Waals surface area contributed by atoms with Crippen molar-refractivity contribution in [3.8, 4) is 0 Å². The summed E-state index contributed by atoms with van der Waals surface area (Å²) in [6.07, 6.45) is 2.78. The molecule has 7 heteroatoms. The molecular weight excluding hydrogens is 224 g/mol. The van der Waals surface area contributed by atoms with Crippen LogP contribution in [0.3, 0.4) is 0 Å². The lowest BCUT2D eigenvalue weighted by molar-refractivity contribution is -0.154. The van der Waals surface area contributed by atoms with Crippen molar-refractivity contribution in [1.29, 1.82) is 0 Å². The van der Waals surface area contributed by atoms with Crippen molar-refractivity contribution in [3.05, 3.63) is 10.4 Å². The molecule has 2 N–H and O–H groups in total. The van der Waals surface area contributed by atoms with Gasteiger partial charge in [-0.1, -0.05) is 18.0 Å². The topological polar surface area (TPSA) is 107 Å². The van der Waals surface area contributed by atoms with Gasteiger partial charge in [0, 0.05) is 25.1 Å². The standard InChI is InChI=1S/C10H18N4O3/c1-17-8-4-2-3-5-10(8,9(15)16)12-6-7-13-14-11/h8,12H,2-7H2,1H3,(H,15,16). The molecule has 0 spiro atoms. The number of azide groups is 1. The minimum atomic E-state index is -1.04. The number of rotatable bonds is 6. The second kappa shape index (κ2) is 6.44. The number of aliphatic carboxylic acids is 1. The molecule has 0 radical (unpaired) electrons. The number of carboxylic acids is 1. The lowest BCUT2D eigenvalue weighted by Gasteiger charge is -2.40. The molecule has 1 saturated carbocycles. The molecule has 1 aliphatic carbocycles. The van der Waals surface area contributed by atoms with Gasteiger partial charge in [0.15, 0.2) is 0 Å². The van der Waals surface area contributed by atoms with Crippen LogP contribution in [0.2, 0.25) is 0 Å². The molecule has 0 saturated heterocycles. The first kappa shape index (κ1) is 13.8. The number of nitrogens with one attached hydrogen (secondary N) is 1. The van der Waals surface area contributed by atoms with Gasteiger partial charge >= 0.3 is 5.97 Å². The number of ether oxygens (including phenoxy) is 1. The van der Waals surface area contributed by atoms with E-state index in [-0.39, 0.29) is 12.6 Å². The maximum atomic E-state index is 11.5. The lowest BCUT2D eigenvalue weighted by atomic mass is 9.79. The maximum absolute atomic E-state index is 11.5. The van der Waals surface area contributed by atoms with Crippen LogP contribution in [0.15, 0.2) is 5.11 Å². The quantitative estimate of drug-likeness (QED) is 0.317. The molecule has 2 atom stereocenters. The van der Waals surface area contributed by atoms with Gasteiger partial charge in [-0.05, 0) is 18.4 Å². The zero-order chi connectivity index (χ0) is 12.7. The van der Waals surface area contributed by atoms with E-state index < -0.39 is 11.5 Å². The van der Waals surface area contributed by atoms with Gasteiger partial charge in [0.2, 0.25) is 0 Å². The van der Waals surface area contributed by atoms with Crippen LogP contribution in [0.5, 0.6) is 0 Å². The SMILES string of the molecule is COC1CCCCC1(NCCN=[N+]=[N-])C(=O)O. The Morgan fingerprint density at radius 1 is 1.71 bits per heavy atom. The summed E-state index contributed by atoms with van der Waals surface area (Å²) in [5.74, 6) is -0.898. The zero-order valence-electron chi connectivity index (χ0n) is 9.93. The summed E-state index contributed by atoms with van der Waals surface area (Å²) >= 11 is 0. The second-order valence-corrected chi connectivity index (χ2v) is 4.13. The number of hydrogen-bond acceptors (Lipinski definition) is 4. The highest BCUT2D eigenvalue weighted by molar-refractivity contribution is 5.80. The van der Waals surface area contributed by atoms with Crippen LogP contribution in [0.25, 0.3) is 10.4 Å². The first-order valence-electron chi connectivity index (χ1n) is 5.69. The van der Waals surface area contributed by atoms with Gasteiger partial charge in [-0.25, -0.2) is 0 Å². The lowest BCUT2D eigenvalue weighted by Crippen LogP contribution is -2.62. The largest absolute Gasteiger partial charge is 0.480 e. The average Bonchev–Trinajstić information content (AvgIpc) is 2.34. The molecule has 0 heterocycles. The van der Waals surface area contributed by atoms with Gasteiger partial charge in [0.05, 0.1) is 6.10 Å². The summed E-state index contributed by atoms with van der Waals surface area (Å²) < 4.78 is 5.28. The molecule has 0 aromatic heterocycles. The third-order valence-corrected chi connectivity index (χ3v) is 3.22. The first-order valence-corrected chi connectivity index (χ1v) is 5.69. The fraction of sp³-hybridized carbons (Fsp3) is 0.900. The van der Waals surface area contributed by atoms with Crippen LogP contribution in [-0.4, -0.2) is 42.9 Å². The molecule has 0 aromatic rings. The van der Waals surface area contributed by atoms with Crippen LogP contribution in [-0.2, 0) is 9.53 Å². The van der Waals surface area contributed by atoms with E-state index >= 15 is 0 Å². The third kappa shape index (κ3) is 3.09. The summed E-state index contributed by atoms with van der Waals surface area (Å²) in [6.45, 7) is 0.582. The molecule has 0 aromatic carbocycles. The van der Waals surface area contributed by atoms with Gasteiger partial charge < -0.3 is 9.84 Å². The van der Waals surface area contributed by atoms with Crippen LogP contribution in [0.4, 0.5) is 0 Å². The van der Waals surface area contributed by atoms with Crippen LogP contribution >= 0.6 is 0 Å². The normalized spacial score (nSPS) is 28.4. The molecule has 1 rings (SSSR count). The van der Waals surface area contributed by atoms with Crippen LogP contribution in [0, 0.1) is 0 Å². The van der Waals surface area contributed by atoms with Crippen molar-refractivity contribution >= 4 is 5.97 Å². The van der Waals surface area contributed by atoms with Gasteiger partial charge in [-0.3, -0.25) is 10.1 Å². The number of hydrogen-bond donors (Lipinski definition) is 2. The van der Waals surface area contributed by atoms with E-state index in [0.717, 1.165) is 19.3 Å². The predicted molar refractivity (Wildman–Crippen MR) is 61.6 cm³/mol. The van der Waals surface area contributed by atoms with Crippen LogP contribution < -0.4 is 5.32 Å². The number of carbonyl (C=O) groups is 1. The van der Waals surface area contributed by atoms with Gasteiger partial charge in [-0.15, -0.1) is 0 Å². The molecule has 7 nitrogen and oxygen atoms in total. The maximum Gasteiger partial charge on any atom is 0.326 e. The summed E-state index contributed by atoms with van der Waals surface area (Å²) in [5, 5.41) is 15.8. The van der Waals surface area contributed by atoms with E-state index in [1.54, 1.807) is 0 Å². The predicted octanol–water partition coefficient (Wildman–Crippen LogP) is 1.30. The summed E-state index contributed by atoms with van der Waals surface area (Å²) in [5.41, 5.74) is 7.12. The molecule has 0 bridgehead atoms. The highest BCUT2D eigenvalue weighted by atomic mass is 16.5. The van der Waals surface area contributed by atoms with E-state index in [9.17, 15) is 9.90 Å². The van der Waals surface area contributed by atoms with Crippen molar-refractivity contribution < 1.29 is 14.6 Å². The summed E-state index contributed by atoms with van der Waals surface area (Å²) in [7, 11) is 1.53. The molecule has 0 amide bonds. The van der Waals surface area contributed by atoms with Crippen molar-refractivity contribution in [3.63, 3.8) is 0 Å². The highest BCUT2D eigenvalue weighted by Crippen LogP contribution is 2.30. The van der Waals surface area contributed by atoms with Crippen molar-refractivity contribution in [2.24, 2.45) is 5.11 Å². The molecule has 17 heavy (non-hydrogen) atoms. The molecule has 96 valence electrons. The average molecular weight is 242 g/mol. The second-order valence-electron chi connectivity index (χ2n) is 4.13. The minimum Gasteiger partial charge on any atom is -0.480 e. The summed E-state index contributed by atoms with van der Waals surface area (Å²) in [4.78, 5) is 14.1. The first-order chi connectivity index (χ1) is 8.17. The third-order valence-electron chi connectivity index (χ3n) is 3.22. The van der Waals surface area contributed by atoms with E-state index in [0.29, 0.717) is 13.0 Å². The van der Waals surface area contributed by atoms with E-state index in [2.05, 4.69) is 15.3 Å². The zero-order valence-corrected chi connectivity index (χ0v) is 9.93. The smallest absolute Gasteiger partial charge is 0.326 e. The number of carboxylic acid groups (broad SMARTS) is 1. The Bertz CT molecular complexity index is 317. The highest BCUT2D eigenvalue weighted by Gasteiger charge is 2.47. The summed E-state index contributed by atoms with van der Waals surface area (Å²) in [6, 6.07) is 0. The van der Waals surface area contributed by atoms with E-state index in [1.165, 1.54) is 7.11 Å². The molecule has 1 fully saturated rings. The van der Waals surface area contributed by atoms with Crippen molar-refractivity contribution in [2.75, 3.05) is 20.2 Å². The minimum absolute atomic E-state index is 0.238. The molecular formula is C10H18N4O3. The Hall–Kier alpha value is -1.30. The van der Waals surface area contributed by atoms with Crippen molar-refractivity contribution in [1.82, 2.24) is 5.32 Å². The van der Waals surface area contributed by atoms with E-state index in [1.807, 2.05) is 0 Å².